The number of hydrogen-bond acceptors (Lipinski definition) is 4. The van der Waals surface area contributed by atoms with Gasteiger partial charge >= 0.3 is 5.97 Å². The molecule has 0 aliphatic rings. The topological polar surface area (TPSA) is 89.1 Å². The van der Waals surface area contributed by atoms with Crippen molar-refractivity contribution >= 4 is 21.9 Å². The first-order valence-corrected chi connectivity index (χ1v) is 4.76. The molecule has 0 fully saturated rings. The number of rotatable bonds is 3. The van der Waals surface area contributed by atoms with Gasteiger partial charge in [-0.3, -0.25) is 9.78 Å². The van der Waals surface area contributed by atoms with Crippen molar-refractivity contribution < 1.29 is 9.90 Å². The lowest BCUT2D eigenvalue weighted by Gasteiger charge is -2.06. The summed E-state index contributed by atoms with van der Waals surface area (Å²) < 4.78 is 0.658. The molecule has 0 saturated carbocycles. The van der Waals surface area contributed by atoms with Gasteiger partial charge in [-0.15, -0.1) is 0 Å². The van der Waals surface area contributed by atoms with E-state index >= 15 is 0 Å². The van der Waals surface area contributed by atoms with E-state index in [1.165, 1.54) is 6.20 Å². The molecule has 5 nitrogen and oxygen atoms in total. The predicted molar refractivity (Wildman–Crippen MR) is 53.8 cm³/mol. The Morgan fingerprint density at radius 1 is 1.79 bits per heavy atom. The minimum Gasteiger partial charge on any atom is -0.480 e. The Hall–Kier alpha value is -1.01. The van der Waals surface area contributed by atoms with E-state index in [2.05, 4.69) is 25.9 Å². The van der Waals surface area contributed by atoms with Crippen LogP contribution in [0, 0.1) is 6.92 Å². The van der Waals surface area contributed by atoms with E-state index in [0.29, 0.717) is 10.3 Å². The number of halogens is 1. The van der Waals surface area contributed by atoms with Crippen LogP contribution in [0.15, 0.2) is 10.8 Å². The first kappa shape index (κ1) is 11.1. The zero-order valence-electron chi connectivity index (χ0n) is 7.57. The minimum atomic E-state index is -1.03. The molecule has 0 aromatic carbocycles. The van der Waals surface area contributed by atoms with Crippen LogP contribution in [0.4, 0.5) is 0 Å². The summed E-state index contributed by atoms with van der Waals surface area (Å²) in [5.41, 5.74) is 6.66. The monoisotopic (exact) mass is 259 g/mol. The SMILES string of the molecule is Cc1nc(CC(N)C(=O)O)cnc1Br. The van der Waals surface area contributed by atoms with Gasteiger partial charge < -0.3 is 10.8 Å². The summed E-state index contributed by atoms with van der Waals surface area (Å²) in [6.07, 6.45) is 1.70. The van der Waals surface area contributed by atoms with Crippen LogP contribution in [0.3, 0.4) is 0 Å². The Morgan fingerprint density at radius 3 is 2.93 bits per heavy atom. The molecular formula is C8H10BrN3O2. The molecule has 1 aromatic heterocycles. The Labute approximate surface area is 89.5 Å². The largest absolute Gasteiger partial charge is 0.480 e. The van der Waals surface area contributed by atoms with Crippen LogP contribution in [0.2, 0.25) is 0 Å². The van der Waals surface area contributed by atoms with E-state index in [1.54, 1.807) is 6.92 Å². The Bertz CT molecular complexity index is 356. The summed E-state index contributed by atoms with van der Waals surface area (Å²) in [6, 6.07) is -0.926. The third kappa shape index (κ3) is 2.74. The summed E-state index contributed by atoms with van der Waals surface area (Å²) in [7, 11) is 0. The number of aromatic nitrogens is 2. The number of hydrogen-bond donors (Lipinski definition) is 2. The smallest absolute Gasteiger partial charge is 0.320 e. The molecular weight excluding hydrogens is 250 g/mol. The van der Waals surface area contributed by atoms with E-state index in [-0.39, 0.29) is 6.42 Å². The van der Waals surface area contributed by atoms with Gasteiger partial charge in [-0.25, -0.2) is 4.98 Å². The highest BCUT2D eigenvalue weighted by Gasteiger charge is 2.13. The van der Waals surface area contributed by atoms with Crippen LogP contribution in [-0.2, 0) is 11.2 Å². The molecule has 76 valence electrons. The second-order valence-corrected chi connectivity index (χ2v) is 3.64. The van der Waals surface area contributed by atoms with Crippen LogP contribution in [0.5, 0.6) is 0 Å². The molecule has 0 amide bonds. The number of carbonyl (C=O) groups is 1. The van der Waals surface area contributed by atoms with E-state index in [0.717, 1.165) is 5.69 Å². The summed E-state index contributed by atoms with van der Waals surface area (Å²) in [5.74, 6) is -1.03. The highest BCUT2D eigenvalue weighted by atomic mass is 79.9. The lowest BCUT2D eigenvalue weighted by molar-refractivity contribution is -0.138. The van der Waals surface area contributed by atoms with Crippen LogP contribution >= 0.6 is 15.9 Å². The van der Waals surface area contributed by atoms with Crippen molar-refractivity contribution in [2.24, 2.45) is 5.73 Å². The molecule has 1 unspecified atom stereocenters. The normalized spacial score (nSPS) is 12.5. The van der Waals surface area contributed by atoms with Crippen molar-refractivity contribution in [2.75, 3.05) is 0 Å². The second kappa shape index (κ2) is 4.47. The molecule has 0 saturated heterocycles. The summed E-state index contributed by atoms with van der Waals surface area (Å²) in [4.78, 5) is 18.6. The number of aliphatic carboxylic acids is 1. The molecule has 0 spiro atoms. The van der Waals surface area contributed by atoms with Gasteiger partial charge in [0.15, 0.2) is 0 Å². The van der Waals surface area contributed by atoms with Crippen molar-refractivity contribution in [2.45, 2.75) is 19.4 Å². The third-order valence-corrected chi connectivity index (χ3v) is 2.46. The quantitative estimate of drug-likeness (QED) is 0.826. The van der Waals surface area contributed by atoms with Crippen molar-refractivity contribution in [1.29, 1.82) is 0 Å². The average molecular weight is 260 g/mol. The number of aryl methyl sites for hydroxylation is 1. The molecule has 14 heavy (non-hydrogen) atoms. The van der Waals surface area contributed by atoms with Crippen LogP contribution in [0.25, 0.3) is 0 Å². The van der Waals surface area contributed by atoms with Gasteiger partial charge in [-0.1, -0.05) is 0 Å². The van der Waals surface area contributed by atoms with E-state index in [4.69, 9.17) is 10.8 Å². The first-order valence-electron chi connectivity index (χ1n) is 3.97. The van der Waals surface area contributed by atoms with Crippen molar-refractivity contribution in [3.05, 3.63) is 22.2 Å². The van der Waals surface area contributed by atoms with E-state index in [9.17, 15) is 4.79 Å². The fraction of sp³-hybridized carbons (Fsp3) is 0.375. The fourth-order valence-corrected chi connectivity index (χ4v) is 1.12. The maximum absolute atomic E-state index is 10.5. The molecule has 0 bridgehead atoms. The molecule has 1 atom stereocenters. The zero-order chi connectivity index (χ0) is 10.7. The average Bonchev–Trinajstić information content (AvgIpc) is 2.11. The van der Waals surface area contributed by atoms with Gasteiger partial charge in [0, 0.05) is 12.6 Å². The minimum absolute atomic E-state index is 0.191. The highest BCUT2D eigenvalue weighted by molar-refractivity contribution is 9.10. The molecule has 0 radical (unpaired) electrons. The molecule has 6 heteroatoms. The molecule has 3 N–H and O–H groups in total. The zero-order valence-corrected chi connectivity index (χ0v) is 9.15. The van der Waals surface area contributed by atoms with Gasteiger partial charge in [-0.05, 0) is 22.9 Å². The number of carboxylic acid groups (broad SMARTS) is 1. The maximum atomic E-state index is 10.5. The lowest BCUT2D eigenvalue weighted by atomic mass is 10.2. The number of carboxylic acids is 1. The van der Waals surface area contributed by atoms with Gasteiger partial charge in [-0.2, -0.15) is 0 Å². The molecule has 1 rings (SSSR count). The fourth-order valence-electron chi connectivity index (χ4n) is 0.926. The van der Waals surface area contributed by atoms with Gasteiger partial charge in [0.05, 0.1) is 11.4 Å². The molecule has 1 aromatic rings. The molecule has 0 aliphatic heterocycles. The lowest BCUT2D eigenvalue weighted by Crippen LogP contribution is -2.32. The summed E-state index contributed by atoms with van der Waals surface area (Å²) in [5, 5.41) is 8.58. The van der Waals surface area contributed by atoms with Gasteiger partial charge in [0.25, 0.3) is 0 Å². The number of nitrogens with zero attached hydrogens (tertiary/aromatic N) is 2. The maximum Gasteiger partial charge on any atom is 0.320 e. The third-order valence-electron chi connectivity index (χ3n) is 1.68. The van der Waals surface area contributed by atoms with Gasteiger partial charge in [0.1, 0.15) is 10.6 Å². The molecule has 0 aliphatic carbocycles. The summed E-state index contributed by atoms with van der Waals surface area (Å²) >= 11 is 3.20. The highest BCUT2D eigenvalue weighted by Crippen LogP contribution is 2.10. The Kier molecular flexibility index (Phi) is 3.54. The van der Waals surface area contributed by atoms with Crippen LogP contribution in [-0.4, -0.2) is 27.1 Å². The van der Waals surface area contributed by atoms with E-state index < -0.39 is 12.0 Å². The second-order valence-electron chi connectivity index (χ2n) is 2.89. The molecule has 1 heterocycles. The van der Waals surface area contributed by atoms with Crippen LogP contribution < -0.4 is 5.73 Å². The predicted octanol–water partition coefficient (Wildman–Crippen LogP) is 0.502. The standard InChI is InChI=1S/C8H10BrN3O2/c1-4-7(9)11-3-5(12-4)2-6(10)8(13)14/h3,6H,2,10H2,1H3,(H,13,14). The first-order chi connectivity index (χ1) is 6.50. The van der Waals surface area contributed by atoms with Crippen molar-refractivity contribution in [3.63, 3.8) is 0 Å². The Morgan fingerprint density at radius 2 is 2.43 bits per heavy atom. The van der Waals surface area contributed by atoms with Crippen molar-refractivity contribution in [3.8, 4) is 0 Å². The summed E-state index contributed by atoms with van der Waals surface area (Å²) in [6.45, 7) is 1.78. The van der Waals surface area contributed by atoms with Crippen molar-refractivity contribution in [1.82, 2.24) is 9.97 Å². The number of nitrogens with two attached hydrogens (primary N) is 1. The Balaban J connectivity index is 2.78. The van der Waals surface area contributed by atoms with Gasteiger partial charge in [0.2, 0.25) is 0 Å². The van der Waals surface area contributed by atoms with E-state index in [1.807, 2.05) is 0 Å². The van der Waals surface area contributed by atoms with Crippen LogP contribution in [0.1, 0.15) is 11.4 Å².